The maximum atomic E-state index is 12.7. The van der Waals surface area contributed by atoms with E-state index in [4.69, 9.17) is 23.3 Å². The molecular weight excluding hydrogens is 387 g/mol. The number of esters is 2. The summed E-state index contributed by atoms with van der Waals surface area (Å²) in [5.41, 5.74) is -0.812. The lowest BCUT2D eigenvalue weighted by Gasteiger charge is -2.25. The van der Waals surface area contributed by atoms with E-state index in [0.29, 0.717) is 25.9 Å². The molecule has 0 amide bonds. The first-order valence-corrected chi connectivity index (χ1v) is 10.9. The van der Waals surface area contributed by atoms with Crippen LogP contribution in [0.3, 0.4) is 0 Å². The third-order valence-corrected chi connectivity index (χ3v) is 6.82. The summed E-state index contributed by atoms with van der Waals surface area (Å²) in [6, 6.07) is 0. The largest absolute Gasteiger partial charge is 0.468 e. The molecule has 1 heterocycles. The third-order valence-electron chi connectivity index (χ3n) is 4.62. The first kappa shape index (κ1) is 24.8. The Balaban J connectivity index is 2.60. The summed E-state index contributed by atoms with van der Waals surface area (Å²) in [7, 11) is 0.00714. The van der Waals surface area contributed by atoms with Crippen LogP contribution in [0.15, 0.2) is 12.2 Å². The minimum Gasteiger partial charge on any atom is -0.468 e. The van der Waals surface area contributed by atoms with Crippen LogP contribution in [0, 0.1) is 5.41 Å². The van der Waals surface area contributed by atoms with Gasteiger partial charge in [0.05, 0.1) is 31.3 Å². The van der Waals surface area contributed by atoms with Crippen molar-refractivity contribution in [1.29, 1.82) is 0 Å². The number of methoxy groups -OCH3 is 1. The van der Waals surface area contributed by atoms with Crippen LogP contribution in [-0.4, -0.2) is 57.7 Å². The van der Waals surface area contributed by atoms with Gasteiger partial charge in [-0.3, -0.25) is 14.2 Å². The van der Waals surface area contributed by atoms with Crippen LogP contribution in [0.1, 0.15) is 46.5 Å². The highest BCUT2D eigenvalue weighted by atomic mass is 31.2. The molecule has 1 rings (SSSR count). The lowest BCUT2D eigenvalue weighted by molar-refractivity contribution is -0.153. The zero-order valence-electron chi connectivity index (χ0n) is 17.7. The van der Waals surface area contributed by atoms with Gasteiger partial charge in [-0.2, -0.15) is 0 Å². The molecule has 0 spiro atoms. The molecule has 1 saturated heterocycles. The van der Waals surface area contributed by atoms with E-state index in [-0.39, 0.29) is 18.5 Å². The van der Waals surface area contributed by atoms with E-state index >= 15 is 0 Å². The number of hydrogen-bond donors (Lipinski definition) is 0. The average molecular weight is 420 g/mol. The smallest absolute Gasteiger partial charge is 0.344 e. The highest BCUT2D eigenvalue weighted by Crippen LogP contribution is 2.54. The zero-order chi connectivity index (χ0) is 21.5. The Morgan fingerprint density at radius 1 is 1.25 bits per heavy atom. The summed E-state index contributed by atoms with van der Waals surface area (Å²) in [4.78, 5) is 23.9. The zero-order valence-corrected chi connectivity index (χ0v) is 18.6. The topological polar surface area (TPSA) is 97.4 Å². The number of carbonyl (C=O) groups excluding carboxylic acids is 2. The average Bonchev–Trinajstić information content (AvgIpc) is 3.00. The van der Waals surface area contributed by atoms with Crippen molar-refractivity contribution < 1.29 is 37.4 Å². The molecule has 0 N–H and O–H groups in total. The monoisotopic (exact) mass is 420 g/mol. The molecule has 0 bridgehead atoms. The molecule has 0 saturated carbocycles. The van der Waals surface area contributed by atoms with Crippen molar-refractivity contribution in [2.75, 3.05) is 27.9 Å². The van der Waals surface area contributed by atoms with Crippen LogP contribution in [-0.2, 0) is 37.4 Å². The summed E-state index contributed by atoms with van der Waals surface area (Å²) in [6.45, 7) is 9.75. The maximum absolute atomic E-state index is 12.7. The minimum atomic E-state index is -3.67. The predicted octanol–water partition coefficient (Wildman–Crippen LogP) is 3.49. The van der Waals surface area contributed by atoms with Gasteiger partial charge in [-0.15, -0.1) is 0 Å². The van der Waals surface area contributed by atoms with Crippen LogP contribution in [0.25, 0.3) is 0 Å². The first-order chi connectivity index (χ1) is 13.0. The molecule has 28 heavy (non-hydrogen) atoms. The van der Waals surface area contributed by atoms with Crippen LogP contribution in [0.2, 0.25) is 0 Å². The van der Waals surface area contributed by atoms with Crippen LogP contribution < -0.4 is 0 Å². The summed E-state index contributed by atoms with van der Waals surface area (Å²) < 4.78 is 38.6. The second-order valence-corrected chi connectivity index (χ2v) is 10.3. The van der Waals surface area contributed by atoms with Crippen molar-refractivity contribution in [2.24, 2.45) is 5.41 Å². The molecule has 1 aliphatic rings. The summed E-state index contributed by atoms with van der Waals surface area (Å²) in [5, 5.41) is 0. The summed E-state index contributed by atoms with van der Waals surface area (Å²) >= 11 is 0. The van der Waals surface area contributed by atoms with Crippen molar-refractivity contribution in [2.45, 2.75) is 64.3 Å². The van der Waals surface area contributed by atoms with E-state index in [0.717, 1.165) is 5.57 Å². The van der Waals surface area contributed by atoms with Gasteiger partial charge in [0, 0.05) is 20.6 Å². The van der Waals surface area contributed by atoms with Crippen molar-refractivity contribution in [1.82, 2.24) is 0 Å². The van der Waals surface area contributed by atoms with Gasteiger partial charge in [-0.25, -0.2) is 0 Å². The third kappa shape index (κ3) is 6.69. The molecule has 1 fully saturated rings. The Labute approximate surface area is 167 Å². The van der Waals surface area contributed by atoms with E-state index in [2.05, 4.69) is 6.58 Å². The number of ether oxygens (including phenoxy) is 3. The van der Waals surface area contributed by atoms with Crippen LogP contribution in [0.4, 0.5) is 0 Å². The molecule has 1 aliphatic heterocycles. The second-order valence-electron chi connectivity index (χ2n) is 7.82. The fraction of sp³-hybridized carbons (Fsp3) is 0.789. The molecule has 1 unspecified atom stereocenters. The molecule has 0 aliphatic carbocycles. The highest BCUT2D eigenvalue weighted by molar-refractivity contribution is 7.55. The van der Waals surface area contributed by atoms with Crippen molar-refractivity contribution in [3.8, 4) is 0 Å². The summed E-state index contributed by atoms with van der Waals surface area (Å²) in [6.07, 6.45) is 1.50. The lowest BCUT2D eigenvalue weighted by Crippen LogP contribution is -2.29. The quantitative estimate of drug-likeness (QED) is 0.229. The minimum absolute atomic E-state index is 0.0972. The van der Waals surface area contributed by atoms with Gasteiger partial charge < -0.3 is 23.3 Å². The fourth-order valence-electron chi connectivity index (χ4n) is 2.91. The van der Waals surface area contributed by atoms with Gasteiger partial charge in [0.25, 0.3) is 0 Å². The fourth-order valence-corrected chi connectivity index (χ4v) is 4.38. The first-order valence-electron chi connectivity index (χ1n) is 9.27. The number of hydrogen-bond acceptors (Lipinski definition) is 8. The number of rotatable bonds is 10. The van der Waals surface area contributed by atoms with Crippen LogP contribution in [0.5, 0.6) is 0 Å². The Morgan fingerprint density at radius 2 is 1.86 bits per heavy atom. The Morgan fingerprint density at radius 3 is 2.36 bits per heavy atom. The molecule has 3 atom stereocenters. The Kier molecular flexibility index (Phi) is 9.34. The van der Waals surface area contributed by atoms with Gasteiger partial charge in [-0.05, 0) is 45.6 Å². The molecule has 162 valence electrons. The summed E-state index contributed by atoms with van der Waals surface area (Å²) in [5.74, 6) is -0.918. The molecule has 8 nitrogen and oxygen atoms in total. The predicted molar refractivity (Wildman–Crippen MR) is 104 cm³/mol. The second kappa shape index (κ2) is 10.5. The van der Waals surface area contributed by atoms with Crippen molar-refractivity contribution >= 4 is 19.5 Å². The number of carbonyl (C=O) groups is 2. The van der Waals surface area contributed by atoms with Gasteiger partial charge in [0.2, 0.25) is 0 Å². The van der Waals surface area contributed by atoms with Gasteiger partial charge in [0.1, 0.15) is 0 Å². The normalized spacial score (nSPS) is 21.4. The van der Waals surface area contributed by atoms with Gasteiger partial charge in [0.15, 0.2) is 5.66 Å². The molecule has 0 aromatic carbocycles. The van der Waals surface area contributed by atoms with E-state index in [9.17, 15) is 14.2 Å². The molecular formula is C19H33O8P. The van der Waals surface area contributed by atoms with Crippen molar-refractivity contribution in [3.63, 3.8) is 0 Å². The van der Waals surface area contributed by atoms with Crippen molar-refractivity contribution in [3.05, 3.63) is 12.2 Å². The molecule has 0 aromatic heterocycles. The maximum Gasteiger partial charge on any atom is 0.344 e. The molecule has 9 heteroatoms. The van der Waals surface area contributed by atoms with Crippen LogP contribution >= 0.6 is 7.60 Å². The standard InChI is InChI=1S/C19H33O8P/c1-13-11-14(9-8-10-26-18(21)19(2,3)4)27-15(13)12-16(17(20)23-5)28(22,24-6)25-7/h14-16H,1,8-12H2,2-7H3/t14-,15-,16?/m0/s1. The van der Waals surface area contributed by atoms with E-state index in [1.165, 1.54) is 21.3 Å². The van der Waals surface area contributed by atoms with Gasteiger partial charge >= 0.3 is 19.5 Å². The van der Waals surface area contributed by atoms with E-state index < -0.39 is 30.7 Å². The van der Waals surface area contributed by atoms with Gasteiger partial charge in [-0.1, -0.05) is 6.58 Å². The SMILES string of the molecule is C=C1C[C@H](CCCOC(=O)C(C)(C)C)O[C@H]1CC(C(=O)OC)P(=O)(OC)OC. The van der Waals surface area contributed by atoms with E-state index in [1.807, 2.05) is 0 Å². The Hall–Kier alpha value is -1.21. The van der Waals surface area contributed by atoms with E-state index in [1.54, 1.807) is 20.8 Å². The molecule has 0 radical (unpaired) electrons. The molecule has 0 aromatic rings. The lowest BCUT2D eigenvalue weighted by atomic mass is 9.97. The Bertz CT molecular complexity index is 602. The highest BCUT2D eigenvalue weighted by Gasteiger charge is 2.44.